The molecule has 0 aliphatic heterocycles. The number of nitrogens with zero attached hydrogens (tertiary/aromatic N) is 2. The minimum Gasteiger partial charge on any atom is -0.476 e. The first kappa shape index (κ1) is 10.0. The Labute approximate surface area is 95.6 Å². The quantitative estimate of drug-likeness (QED) is 0.665. The van der Waals surface area contributed by atoms with Crippen LogP contribution >= 0.6 is 0 Å². The number of nitrogens with one attached hydrogen (secondary N) is 1. The molecule has 7 nitrogen and oxygen atoms in total. The molecule has 2 aromatic heterocycles. The number of carbonyl (C=O) groups is 1. The maximum absolute atomic E-state index is 11.0. The van der Waals surface area contributed by atoms with Crippen LogP contribution in [-0.4, -0.2) is 26.2 Å². The molecular weight excluding hydrogens is 224 g/mol. The van der Waals surface area contributed by atoms with E-state index in [9.17, 15) is 4.79 Å². The van der Waals surface area contributed by atoms with Crippen molar-refractivity contribution in [3.8, 4) is 11.5 Å². The summed E-state index contributed by atoms with van der Waals surface area (Å²) in [6.45, 7) is 1.82. The van der Waals surface area contributed by atoms with E-state index in [-0.39, 0.29) is 5.69 Å². The van der Waals surface area contributed by atoms with Gasteiger partial charge in [0.15, 0.2) is 11.5 Å². The number of H-pyrrole nitrogens is 1. The predicted octanol–water partition coefficient (Wildman–Crippen LogP) is 0.627. The van der Waals surface area contributed by atoms with E-state index < -0.39 is 12.0 Å². The molecule has 2 heterocycles. The van der Waals surface area contributed by atoms with Gasteiger partial charge in [0.1, 0.15) is 11.5 Å². The number of carboxylic acid groups (broad SMARTS) is 1. The molecule has 17 heavy (non-hydrogen) atoms. The Morgan fingerprint density at radius 2 is 2.41 bits per heavy atom. The van der Waals surface area contributed by atoms with Gasteiger partial charge in [0.05, 0.1) is 5.56 Å². The summed E-state index contributed by atoms with van der Waals surface area (Å²) in [4.78, 5) is 18.3. The van der Waals surface area contributed by atoms with E-state index in [1.165, 1.54) is 0 Å². The minimum absolute atomic E-state index is 0.126. The van der Waals surface area contributed by atoms with Crippen LogP contribution in [-0.2, 0) is 6.42 Å². The standard InChI is InChI=1S/C10H10N4O3/c1-3-12-5-2-4(11)6-8(10(15)16)14-17-9(6)7(5)13-3/h4H,2,11H2,1H3,(H,12,13)(H,15,16). The van der Waals surface area contributed by atoms with E-state index in [2.05, 4.69) is 15.1 Å². The third kappa shape index (κ3) is 1.29. The molecule has 7 heteroatoms. The highest BCUT2D eigenvalue weighted by Crippen LogP contribution is 2.37. The Bertz CT molecular complexity index is 613. The number of aromatic nitrogens is 3. The Balaban J connectivity index is 2.26. The molecule has 1 atom stereocenters. The van der Waals surface area contributed by atoms with Crippen molar-refractivity contribution < 1.29 is 14.4 Å². The van der Waals surface area contributed by atoms with Crippen LogP contribution in [0.3, 0.4) is 0 Å². The fourth-order valence-electron chi connectivity index (χ4n) is 2.16. The number of hydrogen-bond donors (Lipinski definition) is 3. The first-order valence-corrected chi connectivity index (χ1v) is 5.12. The minimum atomic E-state index is -1.14. The zero-order valence-corrected chi connectivity index (χ0v) is 9.02. The summed E-state index contributed by atoms with van der Waals surface area (Å²) >= 11 is 0. The van der Waals surface area contributed by atoms with Crippen LogP contribution in [0.25, 0.3) is 11.5 Å². The van der Waals surface area contributed by atoms with Gasteiger partial charge in [0.25, 0.3) is 0 Å². The lowest BCUT2D eigenvalue weighted by molar-refractivity contribution is 0.0684. The number of nitrogens with two attached hydrogens (primary N) is 1. The fourth-order valence-corrected chi connectivity index (χ4v) is 2.16. The van der Waals surface area contributed by atoms with Gasteiger partial charge in [-0.15, -0.1) is 0 Å². The third-order valence-electron chi connectivity index (χ3n) is 2.84. The van der Waals surface area contributed by atoms with Crippen LogP contribution in [0.1, 0.15) is 33.6 Å². The molecule has 0 saturated heterocycles. The van der Waals surface area contributed by atoms with Crippen molar-refractivity contribution in [3.05, 3.63) is 22.8 Å². The van der Waals surface area contributed by atoms with Crippen LogP contribution < -0.4 is 5.73 Å². The van der Waals surface area contributed by atoms with E-state index in [4.69, 9.17) is 15.4 Å². The first-order valence-electron chi connectivity index (χ1n) is 5.12. The van der Waals surface area contributed by atoms with Crippen molar-refractivity contribution >= 4 is 5.97 Å². The lowest BCUT2D eigenvalue weighted by Crippen LogP contribution is -2.20. The summed E-state index contributed by atoms with van der Waals surface area (Å²) in [6.07, 6.45) is 0.505. The van der Waals surface area contributed by atoms with E-state index in [1.807, 2.05) is 6.92 Å². The SMILES string of the molecule is Cc1nc2c([nH]1)CC(N)c1c(C(=O)O)noc1-2. The van der Waals surface area contributed by atoms with Crippen LogP contribution in [0.2, 0.25) is 0 Å². The smallest absolute Gasteiger partial charge is 0.358 e. The summed E-state index contributed by atoms with van der Waals surface area (Å²) in [5.41, 5.74) is 7.71. The molecular formula is C10H10N4O3. The second-order valence-electron chi connectivity index (χ2n) is 4.04. The average molecular weight is 234 g/mol. The Morgan fingerprint density at radius 3 is 3.12 bits per heavy atom. The molecule has 1 aliphatic rings. The van der Waals surface area contributed by atoms with Crippen LogP contribution in [0.4, 0.5) is 0 Å². The highest BCUT2D eigenvalue weighted by atomic mass is 16.5. The van der Waals surface area contributed by atoms with Gasteiger partial charge in [0, 0.05) is 18.2 Å². The van der Waals surface area contributed by atoms with Crippen molar-refractivity contribution in [1.82, 2.24) is 15.1 Å². The number of rotatable bonds is 1. The van der Waals surface area contributed by atoms with Gasteiger partial charge in [-0.1, -0.05) is 5.16 Å². The first-order chi connectivity index (χ1) is 8.08. The van der Waals surface area contributed by atoms with Gasteiger partial charge >= 0.3 is 5.97 Å². The van der Waals surface area contributed by atoms with Gasteiger partial charge in [-0.05, 0) is 6.92 Å². The number of fused-ring (bicyclic) bond motifs is 3. The molecule has 0 saturated carbocycles. The Hall–Kier alpha value is -2.15. The average Bonchev–Trinajstić information content (AvgIpc) is 2.80. The highest BCUT2D eigenvalue weighted by molar-refractivity contribution is 5.89. The zero-order valence-electron chi connectivity index (χ0n) is 9.02. The van der Waals surface area contributed by atoms with Crippen molar-refractivity contribution in [2.45, 2.75) is 19.4 Å². The Kier molecular flexibility index (Phi) is 1.87. The van der Waals surface area contributed by atoms with E-state index in [0.29, 0.717) is 23.4 Å². The summed E-state index contributed by atoms with van der Waals surface area (Å²) in [7, 11) is 0. The maximum atomic E-state index is 11.0. The third-order valence-corrected chi connectivity index (χ3v) is 2.84. The van der Waals surface area contributed by atoms with Crippen molar-refractivity contribution in [3.63, 3.8) is 0 Å². The monoisotopic (exact) mass is 234 g/mol. The predicted molar refractivity (Wildman–Crippen MR) is 56.4 cm³/mol. The van der Waals surface area contributed by atoms with Crippen molar-refractivity contribution in [1.29, 1.82) is 0 Å². The molecule has 0 bridgehead atoms. The summed E-state index contributed by atoms with van der Waals surface area (Å²) in [6, 6.07) is -0.435. The Morgan fingerprint density at radius 1 is 1.65 bits per heavy atom. The largest absolute Gasteiger partial charge is 0.476 e. The van der Waals surface area contributed by atoms with Crippen LogP contribution in [0.15, 0.2) is 4.52 Å². The van der Waals surface area contributed by atoms with Crippen molar-refractivity contribution in [2.24, 2.45) is 5.73 Å². The summed E-state index contributed by atoms with van der Waals surface area (Å²) in [5, 5.41) is 12.5. The number of carboxylic acids is 1. The number of hydrogen-bond acceptors (Lipinski definition) is 5. The molecule has 4 N–H and O–H groups in total. The number of aryl methyl sites for hydroxylation is 1. The van der Waals surface area contributed by atoms with Crippen molar-refractivity contribution in [2.75, 3.05) is 0 Å². The lowest BCUT2D eigenvalue weighted by atomic mass is 9.93. The van der Waals surface area contributed by atoms with Crippen LogP contribution in [0.5, 0.6) is 0 Å². The molecule has 0 fully saturated rings. The normalized spacial score (nSPS) is 17.6. The van der Waals surface area contributed by atoms with E-state index in [1.54, 1.807) is 0 Å². The molecule has 1 aliphatic carbocycles. The summed E-state index contributed by atoms with van der Waals surface area (Å²) < 4.78 is 5.07. The molecule has 3 rings (SSSR count). The summed E-state index contributed by atoms with van der Waals surface area (Å²) in [5.74, 6) is -0.0371. The van der Waals surface area contributed by atoms with Gasteiger partial charge in [0.2, 0.25) is 0 Å². The number of aromatic amines is 1. The number of aromatic carboxylic acids is 1. The molecule has 0 aromatic carbocycles. The second-order valence-corrected chi connectivity index (χ2v) is 4.04. The topological polar surface area (TPSA) is 118 Å². The second kappa shape index (κ2) is 3.17. The molecule has 88 valence electrons. The van der Waals surface area contributed by atoms with Gasteiger partial charge < -0.3 is 20.3 Å². The number of imidazole rings is 1. The molecule has 0 spiro atoms. The zero-order chi connectivity index (χ0) is 12.2. The molecule has 2 aromatic rings. The molecule has 0 amide bonds. The lowest BCUT2D eigenvalue weighted by Gasteiger charge is -2.16. The molecule has 1 unspecified atom stereocenters. The van der Waals surface area contributed by atoms with Crippen LogP contribution in [0, 0.1) is 6.92 Å². The van der Waals surface area contributed by atoms with Gasteiger partial charge in [-0.25, -0.2) is 9.78 Å². The highest BCUT2D eigenvalue weighted by Gasteiger charge is 2.34. The van der Waals surface area contributed by atoms with Gasteiger partial charge in [-0.2, -0.15) is 0 Å². The fraction of sp³-hybridized carbons (Fsp3) is 0.300. The molecule has 0 radical (unpaired) electrons. The van der Waals surface area contributed by atoms with E-state index in [0.717, 1.165) is 11.5 Å². The van der Waals surface area contributed by atoms with Gasteiger partial charge in [-0.3, -0.25) is 0 Å². The van der Waals surface area contributed by atoms with E-state index >= 15 is 0 Å². The maximum Gasteiger partial charge on any atom is 0.358 e.